The highest BCUT2D eigenvalue weighted by atomic mass is 35.5. The van der Waals surface area contributed by atoms with Crippen molar-refractivity contribution in [3.8, 4) is 0 Å². The van der Waals surface area contributed by atoms with E-state index in [2.05, 4.69) is 0 Å². The Balaban J connectivity index is 4.67. The largest absolute Gasteiger partial charge is 0.428 e. The Morgan fingerprint density at radius 1 is 1.18 bits per heavy atom. The summed E-state index contributed by atoms with van der Waals surface area (Å²) in [5.74, 6) is -0.397. The van der Waals surface area contributed by atoms with E-state index < -0.39 is 17.1 Å². The Hall–Kier alpha value is 0.110. The summed E-state index contributed by atoms with van der Waals surface area (Å²) in [7, 11) is 0. The van der Waals surface area contributed by atoms with Crippen molar-refractivity contribution in [1.29, 1.82) is 0 Å². The van der Waals surface area contributed by atoms with Crippen LogP contribution in [0.15, 0.2) is 10.1 Å². The molecular formula is C6H7Cl2F3. The Labute approximate surface area is 73.0 Å². The lowest BCUT2D eigenvalue weighted by Crippen LogP contribution is -2.10. The van der Waals surface area contributed by atoms with E-state index in [1.54, 1.807) is 0 Å². The van der Waals surface area contributed by atoms with Crippen LogP contribution >= 0.6 is 23.2 Å². The van der Waals surface area contributed by atoms with Gasteiger partial charge in [0.1, 0.15) is 5.03 Å². The molecule has 0 N–H and O–H groups in total. The van der Waals surface area contributed by atoms with E-state index in [1.807, 2.05) is 0 Å². The van der Waals surface area contributed by atoms with Crippen LogP contribution in [0.25, 0.3) is 0 Å². The molecule has 0 spiro atoms. The third-order valence-corrected chi connectivity index (χ3v) is 2.11. The van der Waals surface area contributed by atoms with E-state index >= 15 is 0 Å². The summed E-state index contributed by atoms with van der Waals surface area (Å²) in [5.41, 5.74) is 0. The third-order valence-electron chi connectivity index (χ3n) is 0.965. The van der Waals surface area contributed by atoms with Gasteiger partial charge in [-0.25, -0.2) is 0 Å². The summed E-state index contributed by atoms with van der Waals surface area (Å²) in [6.45, 7) is 3.08. The van der Waals surface area contributed by atoms with Gasteiger partial charge in [-0.3, -0.25) is 0 Å². The van der Waals surface area contributed by atoms with Gasteiger partial charge in [0.25, 0.3) is 0 Å². The maximum Gasteiger partial charge on any atom is 0.428 e. The molecule has 0 saturated carbocycles. The second-order valence-corrected chi connectivity index (χ2v) is 3.10. The molecule has 0 atom stereocenters. The van der Waals surface area contributed by atoms with Gasteiger partial charge in [0.15, 0.2) is 0 Å². The lowest BCUT2D eigenvalue weighted by molar-refractivity contribution is -0.0851. The minimum atomic E-state index is -4.52. The lowest BCUT2D eigenvalue weighted by atomic mass is 10.2. The number of halogens is 5. The zero-order valence-electron chi connectivity index (χ0n) is 5.97. The van der Waals surface area contributed by atoms with E-state index in [0.717, 1.165) is 0 Å². The standard InChI is InChI=1S/C6H7Cl2F3/c1-3(2)4(7)5(8)6(9,10)11/h3H,1-2H3/b5-4-. The first-order chi connectivity index (χ1) is 4.76. The van der Waals surface area contributed by atoms with Gasteiger partial charge in [-0.2, -0.15) is 13.2 Å². The molecule has 0 unspecified atom stereocenters. The molecule has 0 aliphatic rings. The van der Waals surface area contributed by atoms with Crippen LogP contribution in [0.4, 0.5) is 13.2 Å². The van der Waals surface area contributed by atoms with Gasteiger partial charge in [0.2, 0.25) is 0 Å². The summed E-state index contributed by atoms with van der Waals surface area (Å²) < 4.78 is 35.4. The van der Waals surface area contributed by atoms with E-state index in [-0.39, 0.29) is 5.03 Å². The molecule has 0 bridgehead atoms. The van der Waals surface area contributed by atoms with Crippen molar-refractivity contribution in [1.82, 2.24) is 0 Å². The summed E-state index contributed by atoms with van der Waals surface area (Å²) >= 11 is 10.2. The molecule has 0 rings (SSSR count). The molecule has 0 aromatic rings. The minimum Gasteiger partial charge on any atom is -0.165 e. The third kappa shape index (κ3) is 3.34. The molecule has 5 heteroatoms. The quantitative estimate of drug-likeness (QED) is 0.611. The van der Waals surface area contributed by atoms with Crippen molar-refractivity contribution < 1.29 is 13.2 Å². The fourth-order valence-corrected chi connectivity index (χ4v) is 0.714. The van der Waals surface area contributed by atoms with Crippen LogP contribution in [0.1, 0.15) is 13.8 Å². The molecule has 66 valence electrons. The first-order valence-electron chi connectivity index (χ1n) is 2.89. The van der Waals surface area contributed by atoms with Crippen LogP contribution in [-0.4, -0.2) is 6.18 Å². The molecule has 0 aliphatic heterocycles. The molecule has 0 amide bonds. The minimum absolute atomic E-state index is 0.348. The van der Waals surface area contributed by atoms with Crippen molar-refractivity contribution in [3.05, 3.63) is 10.1 Å². The van der Waals surface area contributed by atoms with Gasteiger partial charge in [0.05, 0.1) is 0 Å². The van der Waals surface area contributed by atoms with Crippen LogP contribution in [0, 0.1) is 5.92 Å². The SMILES string of the molecule is CC(C)/C(Cl)=C(/Cl)C(F)(F)F. The van der Waals surface area contributed by atoms with E-state index in [1.165, 1.54) is 13.8 Å². The summed E-state index contributed by atoms with van der Waals surface area (Å²) in [5, 5.41) is -1.58. The smallest absolute Gasteiger partial charge is 0.165 e. The predicted octanol–water partition coefficient (Wildman–Crippen LogP) is 3.89. The molecule has 0 aromatic carbocycles. The van der Waals surface area contributed by atoms with Crippen LogP contribution in [0.3, 0.4) is 0 Å². The zero-order chi connectivity index (χ0) is 9.23. The maximum absolute atomic E-state index is 11.8. The monoisotopic (exact) mass is 206 g/mol. The Morgan fingerprint density at radius 3 is 1.64 bits per heavy atom. The first-order valence-corrected chi connectivity index (χ1v) is 3.64. The fourth-order valence-electron chi connectivity index (χ4n) is 0.389. The van der Waals surface area contributed by atoms with Crippen molar-refractivity contribution in [3.63, 3.8) is 0 Å². The van der Waals surface area contributed by atoms with Crippen LogP contribution < -0.4 is 0 Å². The van der Waals surface area contributed by atoms with Crippen LogP contribution in [-0.2, 0) is 0 Å². The average Bonchev–Trinajstić information content (AvgIpc) is 1.82. The zero-order valence-corrected chi connectivity index (χ0v) is 7.48. The van der Waals surface area contributed by atoms with Crippen molar-refractivity contribution in [2.45, 2.75) is 20.0 Å². The van der Waals surface area contributed by atoms with Crippen molar-refractivity contribution >= 4 is 23.2 Å². The molecule has 0 fully saturated rings. The molecule has 0 aliphatic carbocycles. The van der Waals surface area contributed by atoms with Crippen LogP contribution in [0.2, 0.25) is 0 Å². The molecule has 0 nitrogen and oxygen atoms in total. The lowest BCUT2D eigenvalue weighted by Gasteiger charge is -2.09. The molecule has 0 aromatic heterocycles. The van der Waals surface area contributed by atoms with Gasteiger partial charge in [-0.1, -0.05) is 37.0 Å². The average molecular weight is 207 g/mol. The summed E-state index contributed by atoms with van der Waals surface area (Å²) in [4.78, 5) is 0. The number of rotatable bonds is 1. The van der Waals surface area contributed by atoms with Gasteiger partial charge in [-0.05, 0) is 5.92 Å². The second-order valence-electron chi connectivity index (χ2n) is 2.31. The summed E-state index contributed by atoms with van der Waals surface area (Å²) in [6, 6.07) is 0. The molecule has 0 radical (unpaired) electrons. The molecule has 0 heterocycles. The van der Waals surface area contributed by atoms with E-state index in [9.17, 15) is 13.2 Å². The second kappa shape index (κ2) is 3.68. The Morgan fingerprint density at radius 2 is 1.55 bits per heavy atom. The van der Waals surface area contributed by atoms with E-state index in [0.29, 0.717) is 0 Å². The molecule has 0 saturated heterocycles. The van der Waals surface area contributed by atoms with Gasteiger partial charge >= 0.3 is 6.18 Å². The highest BCUT2D eigenvalue weighted by Gasteiger charge is 2.35. The number of allylic oxidation sites excluding steroid dienone is 2. The number of alkyl halides is 3. The van der Waals surface area contributed by atoms with Crippen LogP contribution in [0.5, 0.6) is 0 Å². The molecular weight excluding hydrogens is 200 g/mol. The number of hydrogen-bond donors (Lipinski definition) is 0. The summed E-state index contributed by atoms with van der Waals surface area (Å²) in [6.07, 6.45) is -4.52. The van der Waals surface area contributed by atoms with Gasteiger partial charge in [-0.15, -0.1) is 0 Å². The Bertz CT molecular complexity index is 169. The van der Waals surface area contributed by atoms with E-state index in [4.69, 9.17) is 23.2 Å². The van der Waals surface area contributed by atoms with Crippen molar-refractivity contribution in [2.75, 3.05) is 0 Å². The van der Waals surface area contributed by atoms with Gasteiger partial charge in [0, 0.05) is 5.03 Å². The highest BCUT2D eigenvalue weighted by molar-refractivity contribution is 6.39. The van der Waals surface area contributed by atoms with Crippen molar-refractivity contribution in [2.24, 2.45) is 5.92 Å². The first kappa shape index (κ1) is 11.1. The maximum atomic E-state index is 11.8. The fraction of sp³-hybridized carbons (Fsp3) is 0.667. The highest BCUT2D eigenvalue weighted by Crippen LogP contribution is 2.35. The Kier molecular flexibility index (Phi) is 3.71. The predicted molar refractivity (Wildman–Crippen MR) is 39.6 cm³/mol. The number of hydrogen-bond acceptors (Lipinski definition) is 0. The normalized spacial score (nSPS) is 15.3. The van der Waals surface area contributed by atoms with Gasteiger partial charge < -0.3 is 0 Å². The topological polar surface area (TPSA) is 0 Å². The molecule has 11 heavy (non-hydrogen) atoms.